The van der Waals surface area contributed by atoms with Gasteiger partial charge in [-0.15, -0.1) is 0 Å². The number of hydrogen-bond acceptors (Lipinski definition) is 5. The number of esters is 1. The van der Waals surface area contributed by atoms with Crippen LogP contribution in [0.2, 0.25) is 0 Å². The number of amides is 1. The maximum Gasteiger partial charge on any atom is 0.319 e. The van der Waals surface area contributed by atoms with Crippen LogP contribution >= 0.6 is 0 Å². The number of carbonyl (C=O) groups is 2. The largest absolute Gasteiger partial charge is 0.468 e. The fourth-order valence-corrected chi connectivity index (χ4v) is 2.03. The Bertz CT molecular complexity index is 386. The summed E-state index contributed by atoms with van der Waals surface area (Å²) in [5, 5.41) is 8.77. The van der Waals surface area contributed by atoms with Gasteiger partial charge in [-0.05, 0) is 18.8 Å². The van der Waals surface area contributed by atoms with E-state index in [1.807, 2.05) is 11.0 Å². The molecule has 0 aromatic carbocycles. The van der Waals surface area contributed by atoms with E-state index in [-0.39, 0.29) is 25.5 Å². The van der Waals surface area contributed by atoms with Crippen LogP contribution in [0.5, 0.6) is 0 Å². The topological polar surface area (TPSA) is 73.6 Å². The van der Waals surface area contributed by atoms with E-state index in [1.165, 1.54) is 12.0 Å². The standard InChI is InChI=1S/C14H23N3O3/c1-11(2)8-17(12-4-5-12)13(18)9-16(7-6-15)10-14(19)20-3/h11-12H,4-5,7-10H2,1-3H3. The molecule has 0 aromatic heterocycles. The summed E-state index contributed by atoms with van der Waals surface area (Å²) in [6, 6.07) is 2.31. The number of carbonyl (C=O) groups excluding carboxylic acids is 2. The van der Waals surface area contributed by atoms with Crippen molar-refractivity contribution in [1.82, 2.24) is 9.80 Å². The summed E-state index contributed by atoms with van der Waals surface area (Å²) in [6.07, 6.45) is 2.10. The highest BCUT2D eigenvalue weighted by atomic mass is 16.5. The molecule has 1 rings (SSSR count). The smallest absolute Gasteiger partial charge is 0.319 e. The molecule has 0 aliphatic heterocycles. The van der Waals surface area contributed by atoms with Crippen molar-refractivity contribution in [3.63, 3.8) is 0 Å². The van der Waals surface area contributed by atoms with Crippen molar-refractivity contribution in [2.45, 2.75) is 32.7 Å². The van der Waals surface area contributed by atoms with Gasteiger partial charge >= 0.3 is 5.97 Å². The lowest BCUT2D eigenvalue weighted by Crippen LogP contribution is -2.44. The lowest BCUT2D eigenvalue weighted by Gasteiger charge is -2.27. The summed E-state index contributed by atoms with van der Waals surface area (Å²) in [5.41, 5.74) is 0. The summed E-state index contributed by atoms with van der Waals surface area (Å²) in [4.78, 5) is 27.0. The molecule has 1 aliphatic rings. The molecule has 1 saturated carbocycles. The van der Waals surface area contributed by atoms with Crippen molar-refractivity contribution >= 4 is 11.9 Å². The third-order valence-electron chi connectivity index (χ3n) is 3.10. The van der Waals surface area contributed by atoms with Gasteiger partial charge in [0, 0.05) is 12.6 Å². The number of methoxy groups -OCH3 is 1. The summed E-state index contributed by atoms with van der Waals surface area (Å²) in [7, 11) is 1.30. The van der Waals surface area contributed by atoms with Crippen molar-refractivity contribution < 1.29 is 14.3 Å². The third kappa shape index (κ3) is 5.57. The molecule has 20 heavy (non-hydrogen) atoms. The normalized spacial score (nSPS) is 14.2. The highest BCUT2D eigenvalue weighted by Gasteiger charge is 2.33. The lowest BCUT2D eigenvalue weighted by atomic mass is 10.2. The van der Waals surface area contributed by atoms with E-state index in [0.717, 1.165) is 19.4 Å². The Morgan fingerprint density at radius 1 is 1.35 bits per heavy atom. The molecule has 112 valence electrons. The Morgan fingerprint density at radius 2 is 2.00 bits per heavy atom. The van der Waals surface area contributed by atoms with E-state index in [2.05, 4.69) is 18.6 Å². The van der Waals surface area contributed by atoms with Gasteiger partial charge in [0.05, 0.1) is 32.8 Å². The summed E-state index contributed by atoms with van der Waals surface area (Å²) >= 11 is 0. The summed E-state index contributed by atoms with van der Waals surface area (Å²) in [6.45, 7) is 4.97. The van der Waals surface area contributed by atoms with E-state index < -0.39 is 5.97 Å². The SMILES string of the molecule is COC(=O)CN(CC#N)CC(=O)N(CC(C)C)C1CC1. The quantitative estimate of drug-likeness (QED) is 0.482. The van der Waals surface area contributed by atoms with Crippen molar-refractivity contribution in [2.24, 2.45) is 5.92 Å². The van der Waals surface area contributed by atoms with Crippen LogP contribution in [0, 0.1) is 17.2 Å². The highest BCUT2D eigenvalue weighted by molar-refractivity contribution is 5.80. The van der Waals surface area contributed by atoms with Gasteiger partial charge in [-0.1, -0.05) is 13.8 Å². The molecule has 0 N–H and O–H groups in total. The molecule has 0 saturated heterocycles. The second kappa shape index (κ2) is 7.85. The van der Waals surface area contributed by atoms with Crippen LogP contribution in [0.25, 0.3) is 0 Å². The first kappa shape index (κ1) is 16.4. The molecule has 0 radical (unpaired) electrons. The molecule has 0 aromatic rings. The fourth-order valence-electron chi connectivity index (χ4n) is 2.03. The van der Waals surface area contributed by atoms with E-state index in [1.54, 1.807) is 0 Å². The maximum absolute atomic E-state index is 12.3. The van der Waals surface area contributed by atoms with E-state index >= 15 is 0 Å². The number of hydrogen-bond donors (Lipinski definition) is 0. The Morgan fingerprint density at radius 3 is 2.45 bits per heavy atom. The van der Waals surface area contributed by atoms with Gasteiger partial charge in [0.1, 0.15) is 0 Å². The molecule has 1 amide bonds. The minimum atomic E-state index is -0.435. The average molecular weight is 281 g/mol. The van der Waals surface area contributed by atoms with Crippen LogP contribution < -0.4 is 0 Å². The molecular weight excluding hydrogens is 258 g/mol. The molecule has 1 aliphatic carbocycles. The number of ether oxygens (including phenoxy) is 1. The van der Waals surface area contributed by atoms with Crippen LogP contribution in [0.15, 0.2) is 0 Å². The van der Waals surface area contributed by atoms with E-state index in [0.29, 0.717) is 12.0 Å². The minimum absolute atomic E-state index is 0.0136. The molecule has 0 unspecified atom stereocenters. The van der Waals surface area contributed by atoms with Crippen molar-refractivity contribution in [3.8, 4) is 6.07 Å². The maximum atomic E-state index is 12.3. The lowest BCUT2D eigenvalue weighted by molar-refractivity contribution is -0.142. The van der Waals surface area contributed by atoms with Gasteiger partial charge in [-0.2, -0.15) is 5.26 Å². The monoisotopic (exact) mass is 281 g/mol. The molecule has 6 heteroatoms. The first-order valence-electron chi connectivity index (χ1n) is 6.93. The Balaban J connectivity index is 2.58. The highest BCUT2D eigenvalue weighted by Crippen LogP contribution is 2.27. The number of nitrogens with zero attached hydrogens (tertiary/aromatic N) is 3. The molecule has 1 fully saturated rings. The van der Waals surface area contributed by atoms with Gasteiger partial charge in [-0.25, -0.2) is 0 Å². The van der Waals surface area contributed by atoms with Crippen LogP contribution in [-0.4, -0.2) is 61.0 Å². The molecule has 0 heterocycles. The third-order valence-corrected chi connectivity index (χ3v) is 3.10. The summed E-state index contributed by atoms with van der Waals surface area (Å²) in [5.74, 6) is -0.0418. The molecule has 6 nitrogen and oxygen atoms in total. The van der Waals surface area contributed by atoms with Crippen LogP contribution in [-0.2, 0) is 14.3 Å². The Hall–Kier alpha value is -1.61. The molecular formula is C14H23N3O3. The summed E-state index contributed by atoms with van der Waals surface area (Å²) < 4.78 is 4.58. The first-order chi connectivity index (χ1) is 9.47. The van der Waals surface area contributed by atoms with Crippen molar-refractivity contribution in [3.05, 3.63) is 0 Å². The zero-order chi connectivity index (χ0) is 15.1. The van der Waals surface area contributed by atoms with Gasteiger partial charge in [0.25, 0.3) is 0 Å². The average Bonchev–Trinajstić information content (AvgIpc) is 3.19. The number of nitriles is 1. The van der Waals surface area contributed by atoms with Crippen molar-refractivity contribution in [2.75, 3.05) is 33.3 Å². The van der Waals surface area contributed by atoms with Gasteiger partial charge in [-0.3, -0.25) is 14.5 Å². The minimum Gasteiger partial charge on any atom is -0.468 e. The second-order valence-corrected chi connectivity index (χ2v) is 5.55. The zero-order valence-corrected chi connectivity index (χ0v) is 12.5. The van der Waals surface area contributed by atoms with E-state index in [4.69, 9.17) is 5.26 Å². The second-order valence-electron chi connectivity index (χ2n) is 5.55. The predicted molar refractivity (Wildman–Crippen MR) is 73.6 cm³/mol. The Kier molecular flexibility index (Phi) is 6.46. The Labute approximate surface area is 120 Å². The van der Waals surface area contributed by atoms with Crippen LogP contribution in [0.3, 0.4) is 0 Å². The number of rotatable bonds is 8. The van der Waals surface area contributed by atoms with Crippen molar-refractivity contribution in [1.29, 1.82) is 5.26 Å². The first-order valence-corrected chi connectivity index (χ1v) is 6.93. The van der Waals surface area contributed by atoms with Gasteiger partial charge in [0.15, 0.2) is 0 Å². The van der Waals surface area contributed by atoms with Gasteiger partial charge < -0.3 is 9.64 Å². The van der Waals surface area contributed by atoms with E-state index in [9.17, 15) is 9.59 Å². The molecule has 0 atom stereocenters. The zero-order valence-electron chi connectivity index (χ0n) is 12.5. The van der Waals surface area contributed by atoms with Crippen LogP contribution in [0.1, 0.15) is 26.7 Å². The predicted octanol–water partition coefficient (Wildman–Crippen LogP) is 0.632. The molecule has 0 bridgehead atoms. The van der Waals surface area contributed by atoms with Crippen LogP contribution in [0.4, 0.5) is 0 Å². The van der Waals surface area contributed by atoms with Gasteiger partial charge in [0.2, 0.25) is 5.91 Å². The fraction of sp³-hybridized carbons (Fsp3) is 0.786. The molecule has 0 spiro atoms.